The maximum absolute atomic E-state index is 14.5. The number of nitrogens with zero attached hydrogens (tertiary/aromatic N) is 1. The first kappa shape index (κ1) is 27.8. The molecule has 7 nitrogen and oxygen atoms in total. The van der Waals surface area contributed by atoms with Gasteiger partial charge < -0.3 is 20.3 Å². The molecule has 1 aromatic carbocycles. The molecular weight excluding hydrogens is 526 g/mol. The summed E-state index contributed by atoms with van der Waals surface area (Å²) in [5.41, 5.74) is -0.528. The molecule has 5 aliphatic rings. The van der Waals surface area contributed by atoms with Crippen LogP contribution in [0.1, 0.15) is 66.2 Å². The molecule has 3 aliphatic heterocycles. The lowest BCUT2D eigenvalue weighted by Crippen LogP contribution is -2.61. The number of ether oxygens (including phenoxy) is 1. The van der Waals surface area contributed by atoms with Crippen molar-refractivity contribution in [2.24, 2.45) is 35.5 Å². The van der Waals surface area contributed by atoms with Crippen LogP contribution < -0.4 is 10.6 Å². The molecule has 216 valence electrons. The maximum atomic E-state index is 14.5. The fourth-order valence-electron chi connectivity index (χ4n) is 8.32. The molecule has 3 amide bonds. The fraction of sp³-hybridized carbons (Fsp3) is 0.656. The molecule has 3 heterocycles. The first-order valence-electron chi connectivity index (χ1n) is 15.2. The van der Waals surface area contributed by atoms with Crippen molar-refractivity contribution in [1.29, 1.82) is 0 Å². The van der Waals surface area contributed by atoms with Crippen molar-refractivity contribution in [2.45, 2.75) is 96.1 Å². The number of hydrogen-bond donors (Lipinski definition) is 2. The van der Waals surface area contributed by atoms with E-state index in [0.717, 1.165) is 32.1 Å². The highest BCUT2D eigenvalue weighted by atomic mass is 35.5. The van der Waals surface area contributed by atoms with Gasteiger partial charge in [-0.15, -0.1) is 0 Å². The third kappa shape index (κ3) is 4.39. The smallest absolute Gasteiger partial charge is 0.246 e. The van der Waals surface area contributed by atoms with Gasteiger partial charge in [-0.1, -0.05) is 77.1 Å². The maximum Gasteiger partial charge on any atom is 0.246 e. The molecule has 1 spiro atoms. The predicted octanol–water partition coefficient (Wildman–Crippen LogP) is 5.19. The average molecular weight is 568 g/mol. The summed E-state index contributed by atoms with van der Waals surface area (Å²) < 4.78 is 6.58. The molecule has 1 aromatic rings. The number of amides is 3. The number of halogens is 1. The summed E-state index contributed by atoms with van der Waals surface area (Å²) in [4.78, 5) is 44.4. The van der Waals surface area contributed by atoms with E-state index in [1.807, 2.05) is 17.1 Å². The van der Waals surface area contributed by atoms with Gasteiger partial charge >= 0.3 is 0 Å². The zero-order chi connectivity index (χ0) is 28.3. The molecule has 2 saturated heterocycles. The van der Waals surface area contributed by atoms with E-state index >= 15 is 0 Å². The van der Waals surface area contributed by atoms with E-state index < -0.39 is 29.6 Å². The SMILES string of the molecule is C[C@@H]1[C@H](C)CCC[C@@H]1NC(=O)[C@@H]1N([C@@H]2CCC[C@H](C)[C@@H]2C)C(=O)[C@@H]2[C@@H](C(=O)Nc3ccc(Cl)cc3)[C@@H]3C=C[C@]21O3. The fourth-order valence-corrected chi connectivity index (χ4v) is 8.44. The van der Waals surface area contributed by atoms with Crippen LogP contribution in [0, 0.1) is 35.5 Å². The highest BCUT2D eigenvalue weighted by Gasteiger charge is 2.73. The highest BCUT2D eigenvalue weighted by Crippen LogP contribution is 2.57. The Labute approximate surface area is 242 Å². The van der Waals surface area contributed by atoms with E-state index in [4.69, 9.17) is 16.3 Å². The Morgan fingerprint density at radius 1 is 0.950 bits per heavy atom. The lowest BCUT2D eigenvalue weighted by Gasteiger charge is -2.44. The van der Waals surface area contributed by atoms with E-state index in [2.05, 4.69) is 38.3 Å². The summed E-state index contributed by atoms with van der Waals surface area (Å²) in [6.45, 7) is 8.91. The standard InChI is InChI=1S/C32H42ClN3O4/c1-17-7-5-9-23(19(17)3)35-30(38)28-32-16-15-25(40-32)26(29(37)34-22-13-11-21(33)12-14-22)27(32)31(39)36(28)24-10-6-8-18(2)20(24)4/h11-20,23-28H,5-10H2,1-4H3,(H,34,37)(H,35,38)/t17-,18+,19-,20+,23+,24-,25+,26+,27+,28+,32+/m1/s1. The van der Waals surface area contributed by atoms with Crippen LogP contribution in [0.25, 0.3) is 0 Å². The van der Waals surface area contributed by atoms with E-state index in [9.17, 15) is 14.4 Å². The molecule has 6 rings (SSSR count). The zero-order valence-corrected chi connectivity index (χ0v) is 24.7. The lowest BCUT2D eigenvalue weighted by atomic mass is 9.73. The minimum absolute atomic E-state index is 0.0642. The van der Waals surface area contributed by atoms with Gasteiger partial charge in [0.2, 0.25) is 17.7 Å². The number of carbonyl (C=O) groups excluding carboxylic acids is 3. The van der Waals surface area contributed by atoms with Crippen LogP contribution in [0.3, 0.4) is 0 Å². The van der Waals surface area contributed by atoms with Gasteiger partial charge in [0.05, 0.1) is 17.9 Å². The number of rotatable bonds is 5. The van der Waals surface area contributed by atoms with Crippen LogP contribution in [0.5, 0.6) is 0 Å². The Balaban J connectivity index is 1.34. The molecular formula is C32H42ClN3O4. The van der Waals surface area contributed by atoms with Gasteiger partial charge in [0.1, 0.15) is 11.6 Å². The monoisotopic (exact) mass is 567 g/mol. The summed E-state index contributed by atoms with van der Waals surface area (Å²) in [6.07, 6.45) is 9.44. The van der Waals surface area contributed by atoms with Crippen molar-refractivity contribution < 1.29 is 19.1 Å². The van der Waals surface area contributed by atoms with Crippen molar-refractivity contribution >= 4 is 35.0 Å². The number of nitrogens with one attached hydrogen (secondary N) is 2. The van der Waals surface area contributed by atoms with Crippen molar-refractivity contribution in [2.75, 3.05) is 5.32 Å². The molecule has 2 saturated carbocycles. The Hall–Kier alpha value is -2.38. The number of hydrogen-bond acceptors (Lipinski definition) is 4. The predicted molar refractivity (Wildman–Crippen MR) is 155 cm³/mol. The Morgan fingerprint density at radius 2 is 1.62 bits per heavy atom. The third-order valence-corrected chi connectivity index (χ3v) is 11.3. The second kappa shape index (κ2) is 10.5. The van der Waals surface area contributed by atoms with Crippen LogP contribution in [-0.4, -0.2) is 52.5 Å². The van der Waals surface area contributed by atoms with E-state index in [0.29, 0.717) is 28.5 Å². The van der Waals surface area contributed by atoms with Crippen molar-refractivity contribution in [1.82, 2.24) is 10.2 Å². The van der Waals surface area contributed by atoms with Crippen LogP contribution in [-0.2, 0) is 19.1 Å². The molecule has 40 heavy (non-hydrogen) atoms. The normalized spacial score (nSPS) is 42.1. The summed E-state index contributed by atoms with van der Waals surface area (Å²) in [6, 6.07) is 6.15. The third-order valence-electron chi connectivity index (χ3n) is 11.0. The quantitative estimate of drug-likeness (QED) is 0.479. The zero-order valence-electron chi connectivity index (χ0n) is 23.9. The van der Waals surface area contributed by atoms with Gasteiger partial charge in [-0.25, -0.2) is 0 Å². The number of fused-ring (bicyclic) bond motifs is 1. The molecule has 0 aromatic heterocycles. The minimum atomic E-state index is -1.14. The van der Waals surface area contributed by atoms with Gasteiger partial charge in [0.15, 0.2) is 0 Å². The highest BCUT2D eigenvalue weighted by molar-refractivity contribution is 6.30. The molecule has 11 atom stereocenters. The number of likely N-dealkylation sites (tertiary alicyclic amines) is 1. The first-order valence-corrected chi connectivity index (χ1v) is 15.6. The lowest BCUT2D eigenvalue weighted by molar-refractivity contribution is -0.146. The summed E-state index contributed by atoms with van der Waals surface area (Å²) >= 11 is 6.03. The van der Waals surface area contributed by atoms with Crippen molar-refractivity contribution in [3.8, 4) is 0 Å². The second-order valence-corrected chi connectivity index (χ2v) is 13.6. The number of benzene rings is 1. The Bertz CT molecular complexity index is 1200. The van der Waals surface area contributed by atoms with E-state index in [1.165, 1.54) is 6.42 Å². The number of carbonyl (C=O) groups is 3. The second-order valence-electron chi connectivity index (χ2n) is 13.2. The summed E-state index contributed by atoms with van der Waals surface area (Å²) in [5, 5.41) is 6.93. The van der Waals surface area contributed by atoms with Crippen molar-refractivity contribution in [3.05, 3.63) is 41.4 Å². The van der Waals surface area contributed by atoms with Gasteiger partial charge in [0, 0.05) is 22.8 Å². The molecule has 0 radical (unpaired) electrons. The van der Waals surface area contributed by atoms with Gasteiger partial charge in [0.25, 0.3) is 0 Å². The summed E-state index contributed by atoms with van der Waals surface area (Å²) in [7, 11) is 0. The topological polar surface area (TPSA) is 87.7 Å². The molecule has 8 heteroatoms. The Morgan fingerprint density at radius 3 is 2.35 bits per heavy atom. The molecule has 2 N–H and O–H groups in total. The largest absolute Gasteiger partial charge is 0.359 e. The minimum Gasteiger partial charge on any atom is -0.359 e. The molecule has 4 fully saturated rings. The average Bonchev–Trinajstić information content (AvgIpc) is 3.57. The molecule has 2 aliphatic carbocycles. The number of anilines is 1. The molecule has 2 bridgehead atoms. The van der Waals surface area contributed by atoms with Crippen molar-refractivity contribution in [3.63, 3.8) is 0 Å². The van der Waals surface area contributed by atoms with Crippen LogP contribution >= 0.6 is 11.6 Å². The van der Waals surface area contributed by atoms with Gasteiger partial charge in [-0.2, -0.15) is 0 Å². The van der Waals surface area contributed by atoms with Gasteiger partial charge in [-0.05, 0) is 60.8 Å². The Kier molecular flexibility index (Phi) is 7.27. The summed E-state index contributed by atoms with van der Waals surface area (Å²) in [5.74, 6) is -0.391. The van der Waals surface area contributed by atoms with Crippen LogP contribution in [0.15, 0.2) is 36.4 Å². The van der Waals surface area contributed by atoms with E-state index in [1.54, 1.807) is 24.3 Å². The van der Waals surface area contributed by atoms with Crippen LogP contribution in [0.2, 0.25) is 5.02 Å². The first-order chi connectivity index (χ1) is 19.1. The molecule has 0 unspecified atom stereocenters. The van der Waals surface area contributed by atoms with Crippen LogP contribution in [0.4, 0.5) is 5.69 Å². The van der Waals surface area contributed by atoms with Gasteiger partial charge in [-0.3, -0.25) is 14.4 Å². The van der Waals surface area contributed by atoms with E-state index in [-0.39, 0.29) is 35.7 Å².